The van der Waals surface area contributed by atoms with Crippen LogP contribution in [-0.4, -0.2) is 42.8 Å². The van der Waals surface area contributed by atoms with Crippen LogP contribution in [0.4, 0.5) is 0 Å². The second kappa shape index (κ2) is 8.51. The van der Waals surface area contributed by atoms with E-state index in [1.165, 1.54) is 17.3 Å². The summed E-state index contributed by atoms with van der Waals surface area (Å²) in [6.45, 7) is 0.989. The van der Waals surface area contributed by atoms with Crippen LogP contribution < -0.4 is 0 Å². The van der Waals surface area contributed by atoms with Crippen molar-refractivity contribution in [3.05, 3.63) is 89.2 Å². The van der Waals surface area contributed by atoms with Gasteiger partial charge in [0.05, 0.1) is 17.9 Å². The Kier molecular flexibility index (Phi) is 5.63. The molecule has 152 valence electrons. The number of nitrogens with zero attached hydrogens (tertiary/aromatic N) is 4. The summed E-state index contributed by atoms with van der Waals surface area (Å²) in [4.78, 5) is 35.2. The molecule has 3 heterocycles. The highest BCUT2D eigenvalue weighted by molar-refractivity contribution is 6.46. The van der Waals surface area contributed by atoms with Crippen LogP contribution in [0.1, 0.15) is 23.6 Å². The lowest BCUT2D eigenvalue weighted by Crippen LogP contribution is -2.31. The Bertz CT molecular complexity index is 1100. The number of aryl methyl sites for hydroxylation is 1. The normalized spacial score (nSPS) is 18.2. The molecule has 0 saturated carbocycles. The summed E-state index contributed by atoms with van der Waals surface area (Å²) >= 11 is 6.17. The number of Topliss-reactive ketones (excluding diaryl/α,β-unsaturated/α-hetero) is 1. The molecule has 30 heavy (non-hydrogen) atoms. The first kappa shape index (κ1) is 19.8. The van der Waals surface area contributed by atoms with Crippen LogP contribution in [0.3, 0.4) is 0 Å². The SMILES string of the molecule is O=C1C(=O)N(CCCn2ccnc2)C(c2cccc(Cl)c2)C1=C(O)c1ccncc1. The van der Waals surface area contributed by atoms with Gasteiger partial charge in [-0.1, -0.05) is 23.7 Å². The van der Waals surface area contributed by atoms with Gasteiger partial charge in [-0.3, -0.25) is 14.6 Å². The average molecular weight is 423 g/mol. The summed E-state index contributed by atoms with van der Waals surface area (Å²) in [5.41, 5.74) is 1.14. The van der Waals surface area contributed by atoms with Crippen LogP contribution in [0.5, 0.6) is 0 Å². The number of ketones is 1. The van der Waals surface area contributed by atoms with E-state index in [0.29, 0.717) is 35.7 Å². The number of amides is 1. The smallest absolute Gasteiger partial charge is 0.295 e. The Morgan fingerprint density at radius 2 is 1.87 bits per heavy atom. The minimum atomic E-state index is -0.723. The predicted molar refractivity (Wildman–Crippen MR) is 112 cm³/mol. The third-order valence-corrected chi connectivity index (χ3v) is 5.27. The standard InChI is InChI=1S/C22H19ClN4O3/c23-17-4-1-3-16(13-17)19-18(20(28)15-5-7-24-8-6-15)21(29)22(30)27(19)11-2-10-26-12-9-25-14-26/h1,3-9,12-14,19,28H,2,10-11H2. The van der Waals surface area contributed by atoms with E-state index in [2.05, 4.69) is 9.97 Å². The van der Waals surface area contributed by atoms with Crippen LogP contribution >= 0.6 is 11.6 Å². The molecule has 1 atom stereocenters. The van der Waals surface area contributed by atoms with Crippen LogP contribution in [0.2, 0.25) is 5.02 Å². The summed E-state index contributed by atoms with van der Waals surface area (Å²) in [5, 5.41) is 11.4. The minimum Gasteiger partial charge on any atom is -0.507 e. The quantitative estimate of drug-likeness (QED) is 0.373. The van der Waals surface area contributed by atoms with Crippen molar-refractivity contribution in [2.24, 2.45) is 0 Å². The summed E-state index contributed by atoms with van der Waals surface area (Å²) in [6.07, 6.45) is 8.88. The molecule has 0 radical (unpaired) electrons. The third kappa shape index (κ3) is 3.84. The van der Waals surface area contributed by atoms with Crippen LogP contribution in [0.25, 0.3) is 5.76 Å². The first-order valence-corrected chi connectivity index (χ1v) is 9.84. The van der Waals surface area contributed by atoms with Crippen molar-refractivity contribution in [1.82, 2.24) is 19.4 Å². The van der Waals surface area contributed by atoms with Gasteiger partial charge in [-0.25, -0.2) is 4.98 Å². The van der Waals surface area contributed by atoms with E-state index in [1.54, 1.807) is 48.9 Å². The number of rotatable bonds is 6. The molecule has 0 bridgehead atoms. The van der Waals surface area contributed by atoms with Crippen molar-refractivity contribution >= 4 is 29.1 Å². The van der Waals surface area contributed by atoms with Crippen molar-refractivity contribution < 1.29 is 14.7 Å². The molecule has 8 heteroatoms. The number of hydrogen-bond donors (Lipinski definition) is 1. The maximum absolute atomic E-state index is 12.9. The molecule has 0 spiro atoms. The fraction of sp³-hybridized carbons (Fsp3) is 0.182. The molecule has 1 unspecified atom stereocenters. The summed E-state index contributed by atoms with van der Waals surface area (Å²) in [7, 11) is 0. The van der Waals surface area contributed by atoms with Gasteiger partial charge in [0.2, 0.25) is 0 Å². The minimum absolute atomic E-state index is 0.0519. The maximum atomic E-state index is 12.9. The number of hydrogen-bond acceptors (Lipinski definition) is 5. The number of benzene rings is 1. The van der Waals surface area contributed by atoms with Crippen molar-refractivity contribution in [3.63, 3.8) is 0 Å². The number of pyridine rings is 1. The Morgan fingerprint density at radius 3 is 2.57 bits per heavy atom. The zero-order valence-corrected chi connectivity index (χ0v) is 16.7. The lowest BCUT2D eigenvalue weighted by Gasteiger charge is -2.25. The van der Waals surface area contributed by atoms with E-state index in [9.17, 15) is 14.7 Å². The van der Waals surface area contributed by atoms with Crippen molar-refractivity contribution in [2.45, 2.75) is 19.0 Å². The zero-order chi connectivity index (χ0) is 21.1. The highest BCUT2D eigenvalue weighted by Gasteiger charge is 2.45. The largest absolute Gasteiger partial charge is 0.507 e. The van der Waals surface area contributed by atoms with Gasteiger partial charge >= 0.3 is 0 Å². The molecule has 1 N–H and O–H groups in total. The fourth-order valence-electron chi connectivity index (χ4n) is 3.64. The zero-order valence-electron chi connectivity index (χ0n) is 16.0. The lowest BCUT2D eigenvalue weighted by atomic mass is 9.95. The number of aliphatic hydroxyl groups is 1. The monoisotopic (exact) mass is 422 g/mol. The number of halogens is 1. The molecule has 1 saturated heterocycles. The molecule has 7 nitrogen and oxygen atoms in total. The number of aliphatic hydroxyl groups excluding tert-OH is 1. The maximum Gasteiger partial charge on any atom is 0.295 e. The third-order valence-electron chi connectivity index (χ3n) is 5.03. The topological polar surface area (TPSA) is 88.3 Å². The van der Waals surface area contributed by atoms with Crippen LogP contribution in [0, 0.1) is 0 Å². The summed E-state index contributed by atoms with van der Waals surface area (Å²) in [6, 6.07) is 9.45. The number of imidazole rings is 1. The first-order chi connectivity index (χ1) is 14.6. The number of carbonyl (C=O) groups excluding carboxylic acids is 2. The Hall–Kier alpha value is -3.45. The second-order valence-corrected chi connectivity index (χ2v) is 7.37. The number of aromatic nitrogens is 3. The predicted octanol–water partition coefficient (Wildman–Crippen LogP) is 3.44. The van der Waals surface area contributed by atoms with Gasteiger partial charge < -0.3 is 14.6 Å². The van der Waals surface area contributed by atoms with E-state index < -0.39 is 17.7 Å². The van der Waals surface area contributed by atoms with Crippen LogP contribution in [0.15, 0.2) is 73.1 Å². The number of carbonyl (C=O) groups is 2. The van der Waals surface area contributed by atoms with Gasteiger partial charge in [-0.15, -0.1) is 0 Å². The van der Waals surface area contributed by atoms with E-state index in [-0.39, 0.29) is 11.3 Å². The van der Waals surface area contributed by atoms with Gasteiger partial charge in [0, 0.05) is 48.5 Å². The molecule has 1 aromatic carbocycles. The van der Waals surface area contributed by atoms with Gasteiger partial charge in [-0.05, 0) is 36.2 Å². The van der Waals surface area contributed by atoms with Crippen molar-refractivity contribution in [1.29, 1.82) is 0 Å². The van der Waals surface area contributed by atoms with Gasteiger partial charge in [0.1, 0.15) is 5.76 Å². The molecular formula is C22H19ClN4O3. The number of likely N-dealkylation sites (tertiary alicyclic amines) is 1. The Morgan fingerprint density at radius 1 is 1.07 bits per heavy atom. The van der Waals surface area contributed by atoms with Crippen molar-refractivity contribution in [3.8, 4) is 0 Å². The summed E-state index contributed by atoms with van der Waals surface area (Å²) < 4.78 is 1.90. The van der Waals surface area contributed by atoms with E-state index >= 15 is 0 Å². The Balaban J connectivity index is 1.73. The molecular weight excluding hydrogens is 404 g/mol. The average Bonchev–Trinajstić information content (AvgIpc) is 3.36. The van der Waals surface area contributed by atoms with Gasteiger partial charge in [0.15, 0.2) is 0 Å². The second-order valence-electron chi connectivity index (χ2n) is 6.94. The first-order valence-electron chi connectivity index (χ1n) is 9.46. The highest BCUT2D eigenvalue weighted by Crippen LogP contribution is 2.39. The molecule has 1 aliphatic rings. The molecule has 2 aromatic heterocycles. The lowest BCUT2D eigenvalue weighted by molar-refractivity contribution is -0.139. The molecule has 1 amide bonds. The molecule has 0 aliphatic carbocycles. The van der Waals surface area contributed by atoms with Crippen LogP contribution in [-0.2, 0) is 16.1 Å². The van der Waals surface area contributed by atoms with E-state index in [1.807, 2.05) is 10.8 Å². The molecule has 3 aromatic rings. The van der Waals surface area contributed by atoms with Gasteiger partial charge in [0.25, 0.3) is 11.7 Å². The molecule has 1 aliphatic heterocycles. The fourth-order valence-corrected chi connectivity index (χ4v) is 3.84. The van der Waals surface area contributed by atoms with Gasteiger partial charge in [-0.2, -0.15) is 0 Å². The molecule has 1 fully saturated rings. The van der Waals surface area contributed by atoms with E-state index in [0.717, 1.165) is 0 Å². The van der Waals surface area contributed by atoms with E-state index in [4.69, 9.17) is 11.6 Å². The van der Waals surface area contributed by atoms with Crippen molar-refractivity contribution in [2.75, 3.05) is 6.54 Å². The Labute approximate surface area is 178 Å². The summed E-state index contributed by atoms with van der Waals surface area (Å²) in [5.74, 6) is -1.57. The molecule has 4 rings (SSSR count). The highest BCUT2D eigenvalue weighted by atomic mass is 35.5.